The molecule has 20 heavy (non-hydrogen) atoms. The fourth-order valence-electron chi connectivity index (χ4n) is 2.39. The van der Waals surface area contributed by atoms with Crippen LogP contribution in [0.25, 0.3) is 0 Å². The van der Waals surface area contributed by atoms with E-state index in [4.69, 9.17) is 0 Å². The first kappa shape index (κ1) is 16.5. The summed E-state index contributed by atoms with van der Waals surface area (Å²) in [5, 5.41) is 9.33. The molecule has 0 saturated carbocycles. The molecule has 1 rings (SSSR count). The number of benzene rings is 1. The zero-order valence-corrected chi connectivity index (χ0v) is 12.8. The molecule has 0 radical (unpaired) electrons. The van der Waals surface area contributed by atoms with Gasteiger partial charge in [-0.25, -0.2) is 4.79 Å². The molecule has 3 nitrogen and oxygen atoms in total. The molecule has 112 valence electrons. The topological polar surface area (TPSA) is 40.5 Å². The van der Waals surface area contributed by atoms with Crippen LogP contribution in [0.2, 0.25) is 0 Å². The van der Waals surface area contributed by atoms with E-state index >= 15 is 0 Å². The van der Waals surface area contributed by atoms with Crippen molar-refractivity contribution in [2.24, 2.45) is 0 Å². The summed E-state index contributed by atoms with van der Waals surface area (Å²) < 4.78 is 0. The number of para-hydroxylation sites is 1. The fourth-order valence-corrected chi connectivity index (χ4v) is 2.39. The molecular weight excluding hydrogens is 250 g/mol. The second-order valence-electron chi connectivity index (χ2n) is 5.22. The van der Waals surface area contributed by atoms with E-state index in [0.717, 1.165) is 31.6 Å². The van der Waals surface area contributed by atoms with Crippen LogP contribution >= 0.6 is 0 Å². The molecule has 0 bridgehead atoms. The molecule has 3 heteroatoms. The second kappa shape index (κ2) is 9.40. The van der Waals surface area contributed by atoms with Gasteiger partial charge in [0.25, 0.3) is 0 Å². The highest BCUT2D eigenvalue weighted by Crippen LogP contribution is 2.22. The predicted octanol–water partition coefficient (Wildman–Crippen LogP) is 4.57. The van der Waals surface area contributed by atoms with Crippen molar-refractivity contribution in [2.75, 3.05) is 18.0 Å². The Balaban J connectivity index is 2.81. The first-order chi connectivity index (χ1) is 9.70. The maximum absolute atomic E-state index is 11.4. The Morgan fingerprint density at radius 1 is 1.00 bits per heavy atom. The van der Waals surface area contributed by atoms with Gasteiger partial charge in [0.1, 0.15) is 0 Å². The molecule has 0 aliphatic rings. The summed E-state index contributed by atoms with van der Waals surface area (Å²) in [5.41, 5.74) is 1.28. The molecule has 0 aromatic heterocycles. The summed E-state index contributed by atoms with van der Waals surface area (Å²) in [7, 11) is 0. The average Bonchev–Trinajstić information content (AvgIpc) is 2.46. The van der Waals surface area contributed by atoms with Gasteiger partial charge < -0.3 is 10.0 Å². The van der Waals surface area contributed by atoms with Crippen molar-refractivity contribution in [1.82, 2.24) is 0 Å². The largest absolute Gasteiger partial charge is 0.478 e. The molecule has 1 aromatic carbocycles. The van der Waals surface area contributed by atoms with Crippen LogP contribution in [-0.2, 0) is 0 Å². The van der Waals surface area contributed by atoms with Gasteiger partial charge in [0.15, 0.2) is 0 Å². The predicted molar refractivity (Wildman–Crippen MR) is 84.7 cm³/mol. The van der Waals surface area contributed by atoms with E-state index in [-0.39, 0.29) is 0 Å². The summed E-state index contributed by atoms with van der Waals surface area (Å²) in [6.45, 7) is 6.27. The number of carbonyl (C=O) groups is 1. The number of carboxylic acid groups (broad SMARTS) is 1. The van der Waals surface area contributed by atoms with Gasteiger partial charge in [0.05, 0.1) is 11.3 Å². The van der Waals surface area contributed by atoms with Crippen molar-refractivity contribution in [3.63, 3.8) is 0 Å². The molecule has 0 atom stereocenters. The van der Waals surface area contributed by atoms with Crippen molar-refractivity contribution in [3.8, 4) is 0 Å². The highest BCUT2D eigenvalue weighted by atomic mass is 16.4. The number of aromatic carboxylic acids is 1. The van der Waals surface area contributed by atoms with E-state index in [2.05, 4.69) is 18.7 Å². The lowest BCUT2D eigenvalue weighted by molar-refractivity contribution is 0.0697. The smallest absolute Gasteiger partial charge is 0.337 e. The van der Waals surface area contributed by atoms with E-state index in [1.54, 1.807) is 12.1 Å². The van der Waals surface area contributed by atoms with Gasteiger partial charge in [-0.15, -0.1) is 0 Å². The third kappa shape index (κ3) is 5.24. The van der Waals surface area contributed by atoms with Gasteiger partial charge in [-0.2, -0.15) is 0 Å². The minimum atomic E-state index is -0.836. The van der Waals surface area contributed by atoms with Crippen LogP contribution < -0.4 is 4.90 Å². The van der Waals surface area contributed by atoms with Crippen molar-refractivity contribution < 1.29 is 9.90 Å². The number of anilines is 1. The quantitative estimate of drug-likeness (QED) is 0.637. The Hall–Kier alpha value is -1.51. The lowest BCUT2D eigenvalue weighted by atomic mass is 10.1. The van der Waals surface area contributed by atoms with E-state index in [1.807, 2.05) is 12.1 Å². The van der Waals surface area contributed by atoms with E-state index < -0.39 is 5.97 Å². The van der Waals surface area contributed by atoms with E-state index in [9.17, 15) is 9.90 Å². The van der Waals surface area contributed by atoms with Crippen LogP contribution in [0.15, 0.2) is 24.3 Å². The lowest BCUT2D eigenvalue weighted by Gasteiger charge is -2.26. The Morgan fingerprint density at radius 3 is 2.05 bits per heavy atom. The van der Waals surface area contributed by atoms with Gasteiger partial charge in [0.2, 0.25) is 0 Å². The summed E-state index contributed by atoms with van der Waals surface area (Å²) >= 11 is 0. The van der Waals surface area contributed by atoms with Gasteiger partial charge in [-0.05, 0) is 25.0 Å². The molecule has 0 aliphatic carbocycles. The summed E-state index contributed by atoms with van der Waals surface area (Å²) in [5.74, 6) is -0.836. The maximum Gasteiger partial charge on any atom is 0.337 e. The monoisotopic (exact) mass is 277 g/mol. The molecule has 1 N–H and O–H groups in total. The normalized spacial score (nSPS) is 10.5. The van der Waals surface area contributed by atoms with Crippen molar-refractivity contribution >= 4 is 11.7 Å². The third-order valence-corrected chi connectivity index (χ3v) is 3.54. The molecule has 0 aliphatic heterocycles. The van der Waals surface area contributed by atoms with Crippen LogP contribution in [0, 0.1) is 0 Å². The molecule has 0 spiro atoms. The van der Waals surface area contributed by atoms with E-state index in [0.29, 0.717) is 5.56 Å². The molecule has 0 heterocycles. The second-order valence-corrected chi connectivity index (χ2v) is 5.22. The first-order valence-electron chi connectivity index (χ1n) is 7.78. The van der Waals surface area contributed by atoms with Crippen LogP contribution in [0.5, 0.6) is 0 Å². The SMILES string of the molecule is CCCCCN(CCCCC)c1ccccc1C(=O)O. The zero-order valence-electron chi connectivity index (χ0n) is 12.8. The molecular formula is C17H27NO2. The van der Waals surface area contributed by atoms with Crippen LogP contribution in [0.3, 0.4) is 0 Å². The molecule has 0 amide bonds. The number of rotatable bonds is 10. The van der Waals surface area contributed by atoms with Gasteiger partial charge >= 0.3 is 5.97 Å². The number of hydrogen-bond acceptors (Lipinski definition) is 2. The van der Waals surface area contributed by atoms with Crippen LogP contribution in [0.1, 0.15) is 62.7 Å². The van der Waals surface area contributed by atoms with Crippen LogP contribution in [0.4, 0.5) is 5.69 Å². The summed E-state index contributed by atoms with van der Waals surface area (Å²) in [4.78, 5) is 13.6. The van der Waals surface area contributed by atoms with Crippen LogP contribution in [-0.4, -0.2) is 24.2 Å². The summed E-state index contributed by atoms with van der Waals surface area (Å²) in [6, 6.07) is 7.35. The molecule has 0 unspecified atom stereocenters. The number of nitrogens with zero attached hydrogens (tertiary/aromatic N) is 1. The Labute approximate surface area is 122 Å². The van der Waals surface area contributed by atoms with E-state index in [1.165, 1.54) is 25.7 Å². The fraction of sp³-hybridized carbons (Fsp3) is 0.588. The number of hydrogen-bond donors (Lipinski definition) is 1. The number of carboxylic acids is 1. The maximum atomic E-state index is 11.4. The molecule has 0 fully saturated rings. The summed E-state index contributed by atoms with van der Waals surface area (Å²) in [6.07, 6.45) is 7.00. The Morgan fingerprint density at radius 2 is 1.55 bits per heavy atom. The van der Waals surface area contributed by atoms with Crippen molar-refractivity contribution in [1.29, 1.82) is 0 Å². The highest BCUT2D eigenvalue weighted by Gasteiger charge is 2.14. The lowest BCUT2D eigenvalue weighted by Crippen LogP contribution is -2.27. The Bertz CT molecular complexity index is 394. The van der Waals surface area contributed by atoms with Gasteiger partial charge in [-0.3, -0.25) is 0 Å². The van der Waals surface area contributed by atoms with Crippen molar-refractivity contribution in [2.45, 2.75) is 52.4 Å². The standard InChI is InChI=1S/C17H27NO2/c1-3-5-9-13-18(14-10-6-4-2)16-12-8-7-11-15(16)17(19)20/h7-8,11-12H,3-6,9-10,13-14H2,1-2H3,(H,19,20). The highest BCUT2D eigenvalue weighted by molar-refractivity contribution is 5.94. The first-order valence-corrected chi connectivity index (χ1v) is 7.78. The van der Waals surface area contributed by atoms with Crippen molar-refractivity contribution in [3.05, 3.63) is 29.8 Å². The molecule has 1 aromatic rings. The van der Waals surface area contributed by atoms with Gasteiger partial charge in [-0.1, -0.05) is 51.7 Å². The average molecular weight is 277 g/mol. The molecule has 0 saturated heterocycles. The number of unbranched alkanes of at least 4 members (excludes halogenated alkanes) is 4. The minimum absolute atomic E-state index is 0.417. The third-order valence-electron chi connectivity index (χ3n) is 3.54. The minimum Gasteiger partial charge on any atom is -0.478 e. The zero-order chi connectivity index (χ0) is 14.8. The van der Waals surface area contributed by atoms with Gasteiger partial charge in [0, 0.05) is 13.1 Å². The Kier molecular flexibility index (Phi) is 7.78.